The van der Waals surface area contributed by atoms with Gasteiger partial charge in [0.25, 0.3) is 0 Å². The second-order valence-electron chi connectivity index (χ2n) is 3.84. The topological polar surface area (TPSA) is 49.5 Å². The minimum absolute atomic E-state index is 0.178. The van der Waals surface area contributed by atoms with E-state index in [2.05, 4.69) is 4.90 Å². The van der Waals surface area contributed by atoms with Gasteiger partial charge < -0.3 is 15.7 Å². The predicted octanol–water partition coefficient (Wildman–Crippen LogP) is 1.22. The summed E-state index contributed by atoms with van der Waals surface area (Å²) in [6.45, 7) is 3.56. The first-order valence-corrected chi connectivity index (χ1v) is 5.05. The summed E-state index contributed by atoms with van der Waals surface area (Å²) in [5.41, 5.74) is 7.29. The van der Waals surface area contributed by atoms with Crippen molar-refractivity contribution in [1.82, 2.24) is 4.90 Å². The lowest BCUT2D eigenvalue weighted by Gasteiger charge is -2.30. The first-order chi connectivity index (χ1) is 6.75. The molecule has 0 aliphatic carbocycles. The summed E-state index contributed by atoms with van der Waals surface area (Å²) in [5.74, 6) is 0.178. The number of phenolic OH excluding ortho intramolecular Hbond substituents is 1. The molecule has 14 heavy (non-hydrogen) atoms. The highest BCUT2D eigenvalue weighted by molar-refractivity contribution is 5.53. The van der Waals surface area contributed by atoms with Gasteiger partial charge in [0.05, 0.1) is 5.69 Å². The molecule has 0 unspecified atom stereocenters. The molecule has 3 nitrogen and oxygen atoms in total. The van der Waals surface area contributed by atoms with Crippen LogP contribution in [-0.4, -0.2) is 29.6 Å². The van der Waals surface area contributed by atoms with E-state index in [-0.39, 0.29) is 5.75 Å². The molecule has 3 heteroatoms. The van der Waals surface area contributed by atoms with Crippen LogP contribution in [0.3, 0.4) is 0 Å². The Hall–Kier alpha value is -1.22. The molecule has 0 bridgehead atoms. The number of hydrogen-bond acceptors (Lipinski definition) is 3. The predicted molar refractivity (Wildman–Crippen MR) is 57.3 cm³/mol. The number of benzene rings is 1. The van der Waals surface area contributed by atoms with Crippen molar-refractivity contribution in [1.29, 1.82) is 0 Å². The summed E-state index contributed by atoms with van der Waals surface area (Å²) in [6, 6.07) is 5.46. The number of nitrogen functional groups attached to an aromatic ring is 1. The Labute approximate surface area is 84.1 Å². The largest absolute Gasteiger partial charge is 0.506 e. The monoisotopic (exact) mass is 192 g/mol. The molecule has 1 aromatic rings. The molecule has 1 aliphatic rings. The SMILES string of the molecule is Nc1cc(CCN2CCC2)ccc1O. The van der Waals surface area contributed by atoms with Crippen molar-refractivity contribution in [2.45, 2.75) is 12.8 Å². The van der Waals surface area contributed by atoms with Crippen LogP contribution >= 0.6 is 0 Å². The standard InChI is InChI=1S/C11H16N2O/c12-10-8-9(2-3-11(10)14)4-7-13-5-1-6-13/h2-3,8,14H,1,4-7,12H2. The molecule has 1 aliphatic heterocycles. The summed E-state index contributed by atoms with van der Waals surface area (Å²) in [6.07, 6.45) is 2.35. The van der Waals surface area contributed by atoms with Crippen molar-refractivity contribution in [2.75, 3.05) is 25.4 Å². The lowest BCUT2D eigenvalue weighted by molar-refractivity contribution is 0.184. The van der Waals surface area contributed by atoms with Gasteiger partial charge in [0, 0.05) is 6.54 Å². The molecular weight excluding hydrogens is 176 g/mol. The van der Waals surface area contributed by atoms with Gasteiger partial charge >= 0.3 is 0 Å². The zero-order valence-corrected chi connectivity index (χ0v) is 8.24. The lowest BCUT2D eigenvalue weighted by atomic mass is 10.1. The van der Waals surface area contributed by atoms with Gasteiger partial charge in [-0.2, -0.15) is 0 Å². The van der Waals surface area contributed by atoms with E-state index in [0.29, 0.717) is 5.69 Å². The van der Waals surface area contributed by atoms with E-state index in [1.807, 2.05) is 12.1 Å². The first-order valence-electron chi connectivity index (χ1n) is 5.05. The highest BCUT2D eigenvalue weighted by Gasteiger charge is 2.12. The fourth-order valence-corrected chi connectivity index (χ4v) is 1.65. The zero-order valence-electron chi connectivity index (χ0n) is 8.24. The van der Waals surface area contributed by atoms with Gasteiger partial charge in [-0.05, 0) is 43.6 Å². The first kappa shape index (κ1) is 9.34. The Balaban J connectivity index is 1.91. The van der Waals surface area contributed by atoms with Crippen LogP contribution in [0.25, 0.3) is 0 Å². The number of aromatic hydroxyl groups is 1. The van der Waals surface area contributed by atoms with Gasteiger partial charge in [-0.15, -0.1) is 0 Å². The smallest absolute Gasteiger partial charge is 0.138 e. The van der Waals surface area contributed by atoms with Crippen LogP contribution in [0.4, 0.5) is 5.69 Å². The highest BCUT2D eigenvalue weighted by atomic mass is 16.3. The Morgan fingerprint density at radius 2 is 2.14 bits per heavy atom. The summed E-state index contributed by atoms with van der Waals surface area (Å²) >= 11 is 0. The molecule has 1 aromatic carbocycles. The molecule has 2 rings (SSSR count). The van der Waals surface area contributed by atoms with Crippen molar-refractivity contribution in [3.05, 3.63) is 23.8 Å². The third-order valence-electron chi connectivity index (χ3n) is 2.76. The molecule has 0 atom stereocenters. The molecule has 3 N–H and O–H groups in total. The molecule has 0 saturated carbocycles. The van der Waals surface area contributed by atoms with Crippen molar-refractivity contribution in [2.24, 2.45) is 0 Å². The summed E-state index contributed by atoms with van der Waals surface area (Å²) < 4.78 is 0. The molecule has 0 spiro atoms. The molecule has 1 saturated heterocycles. The van der Waals surface area contributed by atoms with Crippen LogP contribution in [-0.2, 0) is 6.42 Å². The van der Waals surface area contributed by atoms with Gasteiger partial charge in [-0.3, -0.25) is 0 Å². The number of nitrogens with two attached hydrogens (primary N) is 1. The van der Waals surface area contributed by atoms with Gasteiger partial charge in [-0.25, -0.2) is 0 Å². The summed E-state index contributed by atoms with van der Waals surface area (Å²) in [7, 11) is 0. The van der Waals surface area contributed by atoms with Crippen molar-refractivity contribution >= 4 is 5.69 Å². The number of anilines is 1. The Morgan fingerprint density at radius 3 is 2.71 bits per heavy atom. The summed E-state index contributed by atoms with van der Waals surface area (Å²) in [5, 5.41) is 9.24. The molecular formula is C11H16N2O. The van der Waals surface area contributed by atoms with Crippen LogP contribution in [0, 0.1) is 0 Å². The maximum Gasteiger partial charge on any atom is 0.138 e. The number of hydrogen-bond donors (Lipinski definition) is 2. The number of phenols is 1. The van der Waals surface area contributed by atoms with E-state index in [1.165, 1.54) is 25.1 Å². The fourth-order valence-electron chi connectivity index (χ4n) is 1.65. The maximum absolute atomic E-state index is 9.24. The quantitative estimate of drug-likeness (QED) is 0.559. The van der Waals surface area contributed by atoms with Crippen LogP contribution < -0.4 is 5.73 Å². The molecule has 1 fully saturated rings. The van der Waals surface area contributed by atoms with Crippen LogP contribution in [0.15, 0.2) is 18.2 Å². The molecule has 0 radical (unpaired) electrons. The molecule has 0 aromatic heterocycles. The van der Waals surface area contributed by atoms with Crippen LogP contribution in [0.2, 0.25) is 0 Å². The summed E-state index contributed by atoms with van der Waals surface area (Å²) in [4.78, 5) is 2.42. The lowest BCUT2D eigenvalue weighted by Crippen LogP contribution is -2.38. The van der Waals surface area contributed by atoms with E-state index in [9.17, 15) is 5.11 Å². The van der Waals surface area contributed by atoms with Crippen molar-refractivity contribution in [3.63, 3.8) is 0 Å². The average Bonchev–Trinajstić information content (AvgIpc) is 2.08. The average molecular weight is 192 g/mol. The van der Waals surface area contributed by atoms with Crippen LogP contribution in [0.5, 0.6) is 5.75 Å². The van der Waals surface area contributed by atoms with Gasteiger partial charge in [0.15, 0.2) is 0 Å². The fraction of sp³-hybridized carbons (Fsp3) is 0.455. The van der Waals surface area contributed by atoms with Gasteiger partial charge in [0.1, 0.15) is 5.75 Å². The highest BCUT2D eigenvalue weighted by Crippen LogP contribution is 2.21. The number of rotatable bonds is 3. The minimum atomic E-state index is 0.178. The van der Waals surface area contributed by atoms with E-state index < -0.39 is 0 Å². The van der Waals surface area contributed by atoms with E-state index in [0.717, 1.165) is 13.0 Å². The zero-order chi connectivity index (χ0) is 9.97. The molecule has 76 valence electrons. The van der Waals surface area contributed by atoms with Gasteiger partial charge in [0.2, 0.25) is 0 Å². The van der Waals surface area contributed by atoms with Crippen LogP contribution in [0.1, 0.15) is 12.0 Å². The Kier molecular flexibility index (Phi) is 2.59. The molecule has 1 heterocycles. The third-order valence-corrected chi connectivity index (χ3v) is 2.76. The van der Waals surface area contributed by atoms with Crippen molar-refractivity contribution in [3.8, 4) is 5.75 Å². The maximum atomic E-state index is 9.24. The van der Waals surface area contributed by atoms with Crippen molar-refractivity contribution < 1.29 is 5.11 Å². The van der Waals surface area contributed by atoms with E-state index >= 15 is 0 Å². The Morgan fingerprint density at radius 1 is 1.36 bits per heavy atom. The van der Waals surface area contributed by atoms with E-state index in [4.69, 9.17) is 5.73 Å². The third kappa shape index (κ3) is 1.99. The minimum Gasteiger partial charge on any atom is -0.506 e. The second kappa shape index (κ2) is 3.88. The normalized spacial score (nSPS) is 16.6. The number of nitrogens with zero attached hydrogens (tertiary/aromatic N) is 1. The van der Waals surface area contributed by atoms with E-state index in [1.54, 1.807) is 6.07 Å². The van der Waals surface area contributed by atoms with Gasteiger partial charge in [-0.1, -0.05) is 6.07 Å². The second-order valence-corrected chi connectivity index (χ2v) is 3.84. The molecule has 0 amide bonds. The number of likely N-dealkylation sites (tertiary alicyclic amines) is 1. The Bertz CT molecular complexity index is 321.